The monoisotopic (exact) mass is 410 g/mol. The minimum absolute atomic E-state index is 0.286. The second-order valence-electron chi connectivity index (χ2n) is 7.50. The van der Waals surface area contributed by atoms with Gasteiger partial charge in [-0.25, -0.2) is 4.79 Å². The molecule has 0 radical (unpaired) electrons. The third-order valence-electron chi connectivity index (χ3n) is 5.58. The summed E-state index contributed by atoms with van der Waals surface area (Å²) in [6.07, 6.45) is 1.75. The number of thiol groups is 1. The molecule has 0 bridgehead atoms. The second kappa shape index (κ2) is 7.91. The largest absolute Gasteiger partial charge is 0.480 e. The van der Waals surface area contributed by atoms with Crippen LogP contribution in [0.25, 0.3) is 0 Å². The van der Waals surface area contributed by atoms with E-state index < -0.39 is 23.3 Å². The van der Waals surface area contributed by atoms with Gasteiger partial charge < -0.3 is 10.4 Å². The van der Waals surface area contributed by atoms with Gasteiger partial charge in [-0.2, -0.15) is 12.6 Å². The number of para-hydroxylation sites is 1. The number of hydrogen-bond donors (Lipinski definition) is 3. The van der Waals surface area contributed by atoms with Crippen LogP contribution in [0.4, 0.5) is 5.69 Å². The van der Waals surface area contributed by atoms with Crippen molar-refractivity contribution in [1.29, 1.82) is 0 Å². The van der Waals surface area contributed by atoms with Gasteiger partial charge in [0.25, 0.3) is 0 Å². The Kier molecular flexibility index (Phi) is 5.32. The maximum Gasteiger partial charge on any atom is 0.327 e. The van der Waals surface area contributed by atoms with Crippen molar-refractivity contribution in [3.05, 3.63) is 65.2 Å². The van der Waals surface area contributed by atoms with Crippen molar-refractivity contribution < 1.29 is 19.5 Å². The highest BCUT2D eigenvalue weighted by molar-refractivity contribution is 7.81. The van der Waals surface area contributed by atoms with E-state index in [1.54, 1.807) is 0 Å². The number of carboxylic acids is 1. The molecule has 3 atom stereocenters. The number of carboxylic acid groups (broad SMARTS) is 1. The van der Waals surface area contributed by atoms with E-state index in [4.69, 9.17) is 0 Å². The molecule has 0 spiro atoms. The summed E-state index contributed by atoms with van der Waals surface area (Å²) < 4.78 is 0. The van der Waals surface area contributed by atoms with Gasteiger partial charge in [0.05, 0.1) is 10.9 Å². The molecule has 0 aromatic heterocycles. The number of hydrogen-bond acceptors (Lipinski definition) is 4. The van der Waals surface area contributed by atoms with Crippen LogP contribution in [0.2, 0.25) is 0 Å². The normalized spacial score (nSPS) is 21.3. The zero-order valence-corrected chi connectivity index (χ0v) is 16.6. The Bertz CT molecular complexity index is 963. The molecule has 0 saturated heterocycles. The maximum absolute atomic E-state index is 13.2. The molecular formula is C22H22N2O4S. The van der Waals surface area contributed by atoms with Crippen molar-refractivity contribution in [2.24, 2.45) is 0 Å². The van der Waals surface area contributed by atoms with Gasteiger partial charge in [-0.15, -0.1) is 0 Å². The lowest BCUT2D eigenvalue weighted by molar-refractivity contribution is -0.140. The number of rotatable bonds is 5. The van der Waals surface area contributed by atoms with E-state index in [-0.39, 0.29) is 18.2 Å². The van der Waals surface area contributed by atoms with Crippen LogP contribution in [0.3, 0.4) is 0 Å². The Morgan fingerprint density at radius 3 is 2.59 bits per heavy atom. The first-order valence-electron chi connectivity index (χ1n) is 9.64. The van der Waals surface area contributed by atoms with E-state index in [1.165, 1.54) is 4.90 Å². The zero-order valence-electron chi connectivity index (χ0n) is 15.7. The summed E-state index contributed by atoms with van der Waals surface area (Å²) in [6.45, 7) is 0. The van der Waals surface area contributed by atoms with Gasteiger partial charge >= 0.3 is 5.97 Å². The highest BCUT2D eigenvalue weighted by Crippen LogP contribution is 2.39. The summed E-state index contributed by atoms with van der Waals surface area (Å²) in [5.41, 5.74) is 3.50. The topological polar surface area (TPSA) is 86.7 Å². The minimum atomic E-state index is -1.04. The van der Waals surface area contributed by atoms with Crippen LogP contribution < -0.4 is 10.2 Å². The van der Waals surface area contributed by atoms with Crippen LogP contribution >= 0.6 is 12.6 Å². The third-order valence-corrected chi connectivity index (χ3v) is 6.00. The molecule has 2 N–H and O–H groups in total. The van der Waals surface area contributed by atoms with Gasteiger partial charge in [-0.1, -0.05) is 48.5 Å². The third kappa shape index (κ3) is 3.74. The van der Waals surface area contributed by atoms with Crippen molar-refractivity contribution >= 4 is 36.1 Å². The number of carbonyl (C=O) groups excluding carboxylic acids is 2. The summed E-state index contributed by atoms with van der Waals surface area (Å²) in [6, 6.07) is 13.5. The zero-order chi connectivity index (χ0) is 20.5. The van der Waals surface area contributed by atoms with E-state index in [0.29, 0.717) is 24.9 Å². The molecule has 4 rings (SSSR count). The van der Waals surface area contributed by atoms with E-state index in [1.807, 2.05) is 48.5 Å². The van der Waals surface area contributed by atoms with E-state index >= 15 is 0 Å². The van der Waals surface area contributed by atoms with E-state index in [0.717, 1.165) is 16.7 Å². The quantitative estimate of drug-likeness (QED) is 0.658. The maximum atomic E-state index is 13.2. The first kappa shape index (κ1) is 19.5. The number of carbonyl (C=O) groups is 3. The fourth-order valence-electron chi connectivity index (χ4n) is 4.16. The summed E-state index contributed by atoms with van der Waals surface area (Å²) in [4.78, 5) is 39.1. The highest BCUT2D eigenvalue weighted by atomic mass is 32.1. The predicted molar refractivity (Wildman–Crippen MR) is 112 cm³/mol. The van der Waals surface area contributed by atoms with Gasteiger partial charge in [0.2, 0.25) is 11.8 Å². The Morgan fingerprint density at radius 2 is 1.86 bits per heavy atom. The molecule has 0 aliphatic carbocycles. The Morgan fingerprint density at radius 1 is 1.14 bits per heavy atom. The van der Waals surface area contributed by atoms with Crippen LogP contribution in [-0.4, -0.2) is 40.2 Å². The molecule has 2 heterocycles. The number of aliphatic carboxylic acids is 1. The fourth-order valence-corrected chi connectivity index (χ4v) is 4.45. The summed E-state index contributed by atoms with van der Waals surface area (Å²) in [7, 11) is 0. The van der Waals surface area contributed by atoms with Gasteiger partial charge in [0, 0.05) is 6.42 Å². The van der Waals surface area contributed by atoms with Crippen molar-refractivity contribution in [3.63, 3.8) is 0 Å². The molecule has 0 saturated carbocycles. The number of anilines is 1. The van der Waals surface area contributed by atoms with Crippen molar-refractivity contribution in [1.82, 2.24) is 5.32 Å². The fraction of sp³-hybridized carbons (Fsp3) is 0.318. The molecule has 2 amide bonds. The molecule has 2 aliphatic heterocycles. The SMILES string of the molecule is O=C(N[C@H]1CCc2cccc3c2N(C1=O)[C@H](C(=O)O)C3)C(S)Cc1ccccc1. The summed E-state index contributed by atoms with van der Waals surface area (Å²) in [5, 5.41) is 11.9. The van der Waals surface area contributed by atoms with E-state index in [2.05, 4.69) is 17.9 Å². The van der Waals surface area contributed by atoms with Crippen LogP contribution in [0.15, 0.2) is 48.5 Å². The van der Waals surface area contributed by atoms with Crippen LogP contribution in [0.5, 0.6) is 0 Å². The molecule has 6 nitrogen and oxygen atoms in total. The Balaban J connectivity index is 1.53. The number of nitrogens with zero attached hydrogens (tertiary/aromatic N) is 1. The number of aryl methyl sites for hydroxylation is 1. The molecular weight excluding hydrogens is 388 g/mol. The van der Waals surface area contributed by atoms with Gasteiger partial charge in [-0.3, -0.25) is 14.5 Å². The van der Waals surface area contributed by atoms with Gasteiger partial charge in [0.15, 0.2) is 0 Å². The molecule has 29 heavy (non-hydrogen) atoms. The Hall–Kier alpha value is -2.80. The molecule has 2 aromatic carbocycles. The van der Waals surface area contributed by atoms with Gasteiger partial charge in [-0.05, 0) is 36.0 Å². The van der Waals surface area contributed by atoms with Crippen molar-refractivity contribution in [2.75, 3.05) is 4.90 Å². The summed E-state index contributed by atoms with van der Waals surface area (Å²) in [5.74, 6) is -1.73. The lowest BCUT2D eigenvalue weighted by Gasteiger charge is -2.26. The average molecular weight is 410 g/mol. The minimum Gasteiger partial charge on any atom is -0.480 e. The van der Waals surface area contributed by atoms with E-state index in [9.17, 15) is 19.5 Å². The molecule has 7 heteroatoms. The molecule has 150 valence electrons. The average Bonchev–Trinajstić information content (AvgIpc) is 3.05. The van der Waals surface area contributed by atoms with Crippen molar-refractivity contribution in [3.8, 4) is 0 Å². The van der Waals surface area contributed by atoms with Crippen LogP contribution in [0.1, 0.15) is 23.1 Å². The smallest absolute Gasteiger partial charge is 0.327 e. The highest BCUT2D eigenvalue weighted by Gasteiger charge is 2.44. The standard InChI is InChI=1S/C22H22N2O4S/c25-20(18(29)11-13-5-2-1-3-6-13)23-16-10-9-14-7-4-8-15-12-17(22(27)28)24(19(14)15)21(16)26/h1-8,16-18,29H,9-12H2,(H,23,25)(H,27,28)/t16-,17-,18?/m0/s1. The molecule has 0 fully saturated rings. The molecule has 2 aromatic rings. The second-order valence-corrected chi connectivity index (χ2v) is 8.12. The van der Waals surface area contributed by atoms with Crippen LogP contribution in [0, 0.1) is 0 Å². The Labute approximate surface area is 174 Å². The summed E-state index contributed by atoms with van der Waals surface area (Å²) >= 11 is 4.42. The van der Waals surface area contributed by atoms with Crippen molar-refractivity contribution in [2.45, 2.75) is 43.0 Å². The predicted octanol–water partition coefficient (Wildman–Crippen LogP) is 2.00. The van der Waals surface area contributed by atoms with Gasteiger partial charge in [0.1, 0.15) is 12.1 Å². The first-order valence-corrected chi connectivity index (χ1v) is 10.2. The molecule has 1 unspecified atom stereocenters. The lowest BCUT2D eigenvalue weighted by Crippen LogP contribution is -2.53. The lowest BCUT2D eigenvalue weighted by atomic mass is 10.0. The molecule has 2 aliphatic rings. The first-order chi connectivity index (χ1) is 14.0. The number of benzene rings is 2. The number of amides is 2. The number of nitrogens with one attached hydrogen (secondary N) is 1. The van der Waals surface area contributed by atoms with Crippen LogP contribution in [-0.2, 0) is 33.6 Å².